The van der Waals surface area contributed by atoms with E-state index in [4.69, 9.17) is 0 Å². The predicted molar refractivity (Wildman–Crippen MR) is 124 cm³/mol. The Balaban J connectivity index is 0.00000364. The predicted octanol–water partition coefficient (Wildman–Crippen LogP) is 3.44. The summed E-state index contributed by atoms with van der Waals surface area (Å²) >= 11 is 0. The SMILES string of the molecule is CCNC(=NCC(=O)NC(C)(C)C)N1CCC(Cc2ccccc2)CC1.I. The van der Waals surface area contributed by atoms with E-state index < -0.39 is 0 Å². The number of hydrogen-bond acceptors (Lipinski definition) is 2. The normalized spacial score (nSPS) is 15.9. The lowest BCUT2D eigenvalue weighted by molar-refractivity contribution is -0.121. The molecule has 0 radical (unpaired) electrons. The molecule has 2 N–H and O–H groups in total. The van der Waals surface area contributed by atoms with Crippen LogP contribution in [-0.4, -0.2) is 48.5 Å². The van der Waals surface area contributed by atoms with E-state index in [-0.39, 0.29) is 42.0 Å². The van der Waals surface area contributed by atoms with Crippen LogP contribution in [0.2, 0.25) is 0 Å². The zero-order chi connectivity index (χ0) is 19.0. The summed E-state index contributed by atoms with van der Waals surface area (Å²) < 4.78 is 0. The van der Waals surface area contributed by atoms with Crippen LogP contribution in [-0.2, 0) is 11.2 Å². The number of guanidine groups is 1. The van der Waals surface area contributed by atoms with Gasteiger partial charge in [0.1, 0.15) is 6.54 Å². The van der Waals surface area contributed by atoms with Crippen LogP contribution in [0.1, 0.15) is 46.1 Å². The number of halogens is 1. The zero-order valence-corrected chi connectivity index (χ0v) is 19.5. The van der Waals surface area contributed by atoms with E-state index in [9.17, 15) is 4.79 Å². The summed E-state index contributed by atoms with van der Waals surface area (Å²) in [6.07, 6.45) is 3.47. The van der Waals surface area contributed by atoms with Gasteiger partial charge in [0.2, 0.25) is 5.91 Å². The molecule has 1 saturated heterocycles. The molecule has 0 saturated carbocycles. The summed E-state index contributed by atoms with van der Waals surface area (Å²) in [6, 6.07) is 10.7. The van der Waals surface area contributed by atoms with E-state index in [1.165, 1.54) is 5.56 Å². The molecule has 1 amide bonds. The Kier molecular flexibility index (Phi) is 10.1. The average Bonchev–Trinajstić information content (AvgIpc) is 2.59. The van der Waals surface area contributed by atoms with Crippen LogP contribution in [0.25, 0.3) is 0 Å². The number of piperidine rings is 1. The van der Waals surface area contributed by atoms with E-state index in [0.717, 1.165) is 50.8 Å². The fourth-order valence-electron chi connectivity index (χ4n) is 3.33. The second-order valence-electron chi connectivity index (χ2n) is 8.09. The van der Waals surface area contributed by atoms with Gasteiger partial charge in [-0.05, 0) is 58.4 Å². The highest BCUT2D eigenvalue weighted by molar-refractivity contribution is 14.0. The van der Waals surface area contributed by atoms with Crippen LogP contribution < -0.4 is 10.6 Å². The van der Waals surface area contributed by atoms with Gasteiger partial charge in [0.05, 0.1) is 0 Å². The number of nitrogens with one attached hydrogen (secondary N) is 2. The summed E-state index contributed by atoms with van der Waals surface area (Å²) in [5.41, 5.74) is 1.20. The maximum absolute atomic E-state index is 12.0. The molecule has 5 nitrogen and oxygen atoms in total. The van der Waals surface area contributed by atoms with Gasteiger partial charge in [-0.1, -0.05) is 30.3 Å². The number of carbonyl (C=O) groups excluding carboxylic acids is 1. The summed E-state index contributed by atoms with van der Waals surface area (Å²) in [5, 5.41) is 6.29. The second kappa shape index (κ2) is 11.5. The molecule has 1 aliphatic heterocycles. The van der Waals surface area contributed by atoms with Crippen molar-refractivity contribution in [1.82, 2.24) is 15.5 Å². The first-order valence-electron chi connectivity index (χ1n) is 9.75. The zero-order valence-electron chi connectivity index (χ0n) is 17.1. The largest absolute Gasteiger partial charge is 0.357 e. The van der Waals surface area contributed by atoms with Gasteiger partial charge < -0.3 is 15.5 Å². The Morgan fingerprint density at radius 1 is 1.19 bits per heavy atom. The quantitative estimate of drug-likeness (QED) is 0.381. The van der Waals surface area contributed by atoms with E-state index in [2.05, 4.69) is 57.8 Å². The van der Waals surface area contributed by atoms with Crippen LogP contribution in [0.3, 0.4) is 0 Å². The first-order valence-corrected chi connectivity index (χ1v) is 9.75. The highest BCUT2D eigenvalue weighted by Gasteiger charge is 2.22. The minimum atomic E-state index is -0.221. The van der Waals surface area contributed by atoms with E-state index in [1.807, 2.05) is 20.8 Å². The second-order valence-corrected chi connectivity index (χ2v) is 8.09. The summed E-state index contributed by atoms with van der Waals surface area (Å²) in [5.74, 6) is 1.54. The number of benzene rings is 1. The van der Waals surface area contributed by atoms with Crippen LogP contribution in [0.15, 0.2) is 35.3 Å². The lowest BCUT2D eigenvalue weighted by Gasteiger charge is -2.34. The topological polar surface area (TPSA) is 56.7 Å². The Labute approximate surface area is 181 Å². The van der Waals surface area contributed by atoms with Crippen LogP contribution in [0, 0.1) is 5.92 Å². The van der Waals surface area contributed by atoms with Crippen molar-refractivity contribution in [2.45, 2.75) is 52.5 Å². The van der Waals surface area contributed by atoms with Crippen LogP contribution in [0.5, 0.6) is 0 Å². The smallest absolute Gasteiger partial charge is 0.242 e. The molecule has 152 valence electrons. The van der Waals surface area contributed by atoms with Crippen LogP contribution in [0.4, 0.5) is 0 Å². The molecule has 2 rings (SSSR count). The maximum Gasteiger partial charge on any atom is 0.242 e. The number of likely N-dealkylation sites (tertiary alicyclic amines) is 1. The molecule has 1 aromatic rings. The summed E-state index contributed by atoms with van der Waals surface area (Å²) in [4.78, 5) is 18.9. The van der Waals surface area contributed by atoms with Crippen molar-refractivity contribution in [3.63, 3.8) is 0 Å². The van der Waals surface area contributed by atoms with Gasteiger partial charge in [-0.3, -0.25) is 4.79 Å². The number of nitrogens with zero attached hydrogens (tertiary/aromatic N) is 2. The third-order valence-corrected chi connectivity index (χ3v) is 4.50. The molecular weight excluding hydrogens is 451 g/mol. The highest BCUT2D eigenvalue weighted by atomic mass is 127. The van der Waals surface area contributed by atoms with Gasteiger partial charge in [0.25, 0.3) is 0 Å². The summed E-state index contributed by atoms with van der Waals surface area (Å²) in [7, 11) is 0. The Morgan fingerprint density at radius 2 is 1.81 bits per heavy atom. The molecule has 0 spiro atoms. The molecule has 0 bridgehead atoms. The number of amides is 1. The minimum absolute atomic E-state index is 0. The van der Waals surface area contributed by atoms with Crippen molar-refractivity contribution in [2.75, 3.05) is 26.2 Å². The van der Waals surface area contributed by atoms with Crippen molar-refractivity contribution in [3.8, 4) is 0 Å². The van der Waals surface area contributed by atoms with Crippen molar-refractivity contribution >= 4 is 35.8 Å². The van der Waals surface area contributed by atoms with Crippen molar-refractivity contribution in [2.24, 2.45) is 10.9 Å². The average molecular weight is 486 g/mol. The molecule has 0 atom stereocenters. The molecule has 27 heavy (non-hydrogen) atoms. The lowest BCUT2D eigenvalue weighted by Crippen LogP contribution is -2.47. The molecule has 1 heterocycles. The van der Waals surface area contributed by atoms with Crippen molar-refractivity contribution < 1.29 is 4.79 Å². The maximum atomic E-state index is 12.0. The minimum Gasteiger partial charge on any atom is -0.357 e. The molecule has 6 heteroatoms. The van der Waals surface area contributed by atoms with E-state index in [0.29, 0.717) is 0 Å². The van der Waals surface area contributed by atoms with Gasteiger partial charge in [0.15, 0.2) is 5.96 Å². The molecular formula is C21H35IN4O. The fraction of sp³-hybridized carbons (Fsp3) is 0.619. The highest BCUT2D eigenvalue weighted by Crippen LogP contribution is 2.21. The first kappa shape index (κ1) is 23.7. The standard InChI is InChI=1S/C21H34N4O.HI/c1-5-22-20(23-16-19(26)24-21(2,3)4)25-13-11-18(12-14-25)15-17-9-7-6-8-10-17;/h6-10,18H,5,11-16H2,1-4H3,(H,22,23)(H,24,26);1H. The molecule has 0 unspecified atom stereocenters. The number of hydrogen-bond donors (Lipinski definition) is 2. The van der Waals surface area contributed by atoms with Gasteiger partial charge >= 0.3 is 0 Å². The van der Waals surface area contributed by atoms with Gasteiger partial charge in [-0.2, -0.15) is 0 Å². The van der Waals surface area contributed by atoms with Gasteiger partial charge in [0, 0.05) is 25.2 Å². The Bertz CT molecular complexity index is 590. The van der Waals surface area contributed by atoms with Crippen molar-refractivity contribution in [3.05, 3.63) is 35.9 Å². The molecule has 0 aliphatic carbocycles. The number of rotatable bonds is 5. The van der Waals surface area contributed by atoms with Gasteiger partial charge in [-0.25, -0.2) is 4.99 Å². The molecule has 1 aromatic carbocycles. The third kappa shape index (κ3) is 8.95. The van der Waals surface area contributed by atoms with Crippen molar-refractivity contribution in [1.29, 1.82) is 0 Å². The molecule has 1 fully saturated rings. The lowest BCUT2D eigenvalue weighted by atomic mass is 9.90. The van der Waals surface area contributed by atoms with E-state index >= 15 is 0 Å². The van der Waals surface area contributed by atoms with Crippen LogP contribution >= 0.6 is 24.0 Å². The molecule has 1 aliphatic rings. The Morgan fingerprint density at radius 3 is 2.37 bits per heavy atom. The third-order valence-electron chi connectivity index (χ3n) is 4.50. The monoisotopic (exact) mass is 486 g/mol. The molecule has 0 aromatic heterocycles. The fourth-order valence-corrected chi connectivity index (χ4v) is 3.33. The summed E-state index contributed by atoms with van der Waals surface area (Å²) in [6.45, 7) is 11.0. The Hall–Kier alpha value is -1.31. The van der Waals surface area contributed by atoms with Gasteiger partial charge in [-0.15, -0.1) is 24.0 Å². The first-order chi connectivity index (χ1) is 12.4. The van der Waals surface area contributed by atoms with E-state index in [1.54, 1.807) is 0 Å². The number of carbonyl (C=O) groups is 1. The number of aliphatic imine (C=N–C) groups is 1.